The van der Waals surface area contributed by atoms with Crippen LogP contribution in [0.15, 0.2) is 65.8 Å². The zero-order chi connectivity index (χ0) is 28.4. The van der Waals surface area contributed by atoms with Gasteiger partial charge in [-0.15, -0.1) is 0 Å². The molecule has 0 aliphatic heterocycles. The maximum Gasteiger partial charge on any atom is 0.251 e. The van der Waals surface area contributed by atoms with Crippen LogP contribution in [0.2, 0.25) is 0 Å². The molecule has 1 unspecified atom stereocenters. The average Bonchev–Trinajstić information content (AvgIpc) is 2.76. The smallest absolute Gasteiger partial charge is 0.251 e. The van der Waals surface area contributed by atoms with Crippen molar-refractivity contribution >= 4 is 27.2 Å². The minimum Gasteiger partial charge on any atom is -0.513 e. The Kier molecular flexibility index (Phi) is 8.27. The minimum atomic E-state index is -3.23. The standard InChI is InChI=1S/C30H35FN2O4S/c1-18-8-11-28(27(35)12-18)38(7,37)33-26-17-22(29(36)32-30(4,5)6)10-9-21(26)15-23-16-25(31)24(13-19(23)2)14-20(3)34/h8-13,16-17,34-35H,3,7,14-15H2,1-2,4-6H3,(H,32,36)(H,33,37). The number of aromatic hydroxyl groups is 1. The number of rotatable bonds is 8. The van der Waals surface area contributed by atoms with E-state index in [-0.39, 0.29) is 35.2 Å². The molecule has 1 atom stereocenters. The largest absolute Gasteiger partial charge is 0.513 e. The molecule has 3 aromatic rings. The first-order chi connectivity index (χ1) is 17.6. The summed E-state index contributed by atoms with van der Waals surface area (Å²) in [6, 6.07) is 12.8. The van der Waals surface area contributed by atoms with Gasteiger partial charge < -0.3 is 20.3 Å². The van der Waals surface area contributed by atoms with Crippen molar-refractivity contribution in [1.29, 1.82) is 0 Å². The first kappa shape index (κ1) is 28.8. The molecule has 0 fully saturated rings. The van der Waals surface area contributed by atoms with E-state index in [9.17, 15) is 23.6 Å². The van der Waals surface area contributed by atoms with Gasteiger partial charge in [0.15, 0.2) is 0 Å². The molecule has 4 N–H and O–H groups in total. The van der Waals surface area contributed by atoms with Crippen molar-refractivity contribution < 1.29 is 23.6 Å². The molecule has 202 valence electrons. The number of aliphatic hydroxyl groups excluding tert-OH is 1. The van der Waals surface area contributed by atoms with Crippen LogP contribution in [0.5, 0.6) is 5.75 Å². The summed E-state index contributed by atoms with van der Waals surface area (Å²) in [7, 11) is -3.23. The molecule has 0 saturated carbocycles. The highest BCUT2D eigenvalue weighted by atomic mass is 32.2. The van der Waals surface area contributed by atoms with Crippen molar-refractivity contribution in [3.8, 4) is 5.75 Å². The Hall–Kier alpha value is -3.78. The Morgan fingerprint density at radius 1 is 1.03 bits per heavy atom. The number of hydrogen-bond acceptors (Lipinski definition) is 4. The Morgan fingerprint density at radius 3 is 2.32 bits per heavy atom. The zero-order valence-electron chi connectivity index (χ0n) is 22.4. The molecule has 0 heterocycles. The predicted octanol–water partition coefficient (Wildman–Crippen LogP) is 5.98. The highest BCUT2D eigenvalue weighted by molar-refractivity contribution is 8.01. The summed E-state index contributed by atoms with van der Waals surface area (Å²) >= 11 is 0. The topological polar surface area (TPSA) is 98.7 Å². The van der Waals surface area contributed by atoms with Gasteiger partial charge in [0.25, 0.3) is 5.91 Å². The summed E-state index contributed by atoms with van der Waals surface area (Å²) in [6.45, 7) is 12.7. The lowest BCUT2D eigenvalue weighted by Crippen LogP contribution is -2.40. The maximum absolute atomic E-state index is 14.8. The molecule has 6 nitrogen and oxygen atoms in total. The molecule has 1 amide bonds. The minimum absolute atomic E-state index is 0.0148. The van der Waals surface area contributed by atoms with E-state index >= 15 is 0 Å². The van der Waals surface area contributed by atoms with Crippen LogP contribution in [0, 0.1) is 19.7 Å². The van der Waals surface area contributed by atoms with Gasteiger partial charge in [-0.05, 0) is 105 Å². The Bertz CT molecular complexity index is 1510. The number of carbonyl (C=O) groups excluding carboxylic acids is 1. The van der Waals surface area contributed by atoms with Gasteiger partial charge >= 0.3 is 0 Å². The van der Waals surface area contributed by atoms with Crippen LogP contribution in [-0.2, 0) is 22.5 Å². The number of phenols is 1. The Labute approximate surface area is 224 Å². The van der Waals surface area contributed by atoms with Gasteiger partial charge in [-0.25, -0.2) is 8.60 Å². The lowest BCUT2D eigenvalue weighted by atomic mass is 9.95. The fourth-order valence-corrected chi connectivity index (χ4v) is 5.39. The number of anilines is 1. The van der Waals surface area contributed by atoms with Gasteiger partial charge in [0.1, 0.15) is 11.6 Å². The molecule has 0 bridgehead atoms. The average molecular weight is 539 g/mol. The number of halogens is 1. The molecule has 3 aromatic carbocycles. The number of carbonyl (C=O) groups is 1. The Morgan fingerprint density at radius 2 is 1.71 bits per heavy atom. The van der Waals surface area contributed by atoms with Crippen molar-refractivity contribution in [2.75, 3.05) is 4.72 Å². The first-order valence-electron chi connectivity index (χ1n) is 12.1. The monoisotopic (exact) mass is 538 g/mol. The molecule has 0 aromatic heterocycles. The fourth-order valence-electron chi connectivity index (χ4n) is 4.05. The summed E-state index contributed by atoms with van der Waals surface area (Å²) in [4.78, 5) is 13.0. The normalized spacial score (nSPS) is 13.0. The fraction of sp³-hybridized carbons (Fsp3) is 0.267. The number of benzene rings is 3. The maximum atomic E-state index is 14.8. The van der Waals surface area contributed by atoms with Crippen molar-refractivity contribution in [3.05, 3.63) is 100 Å². The zero-order valence-corrected chi connectivity index (χ0v) is 23.3. The molecule has 0 radical (unpaired) electrons. The van der Waals surface area contributed by atoms with E-state index in [0.717, 1.165) is 11.1 Å². The summed E-state index contributed by atoms with van der Waals surface area (Å²) in [5, 5.41) is 22.8. The lowest BCUT2D eigenvalue weighted by molar-refractivity contribution is 0.0919. The van der Waals surface area contributed by atoms with Gasteiger partial charge in [-0.3, -0.25) is 4.79 Å². The number of aryl methyl sites for hydroxylation is 2. The van der Waals surface area contributed by atoms with Crippen molar-refractivity contribution in [3.63, 3.8) is 0 Å². The summed E-state index contributed by atoms with van der Waals surface area (Å²) in [5.74, 6) is 2.78. The SMILES string of the molecule is C=C(O)Cc1cc(C)c(Cc2ccc(C(=O)NC(C)(C)C)cc2NS(=C)(=O)c2ccc(C)cc2O)cc1F. The van der Waals surface area contributed by atoms with Crippen LogP contribution in [0.4, 0.5) is 10.1 Å². The van der Waals surface area contributed by atoms with Crippen LogP contribution >= 0.6 is 0 Å². The highest BCUT2D eigenvalue weighted by Crippen LogP contribution is 2.30. The van der Waals surface area contributed by atoms with Crippen LogP contribution < -0.4 is 10.0 Å². The molecular weight excluding hydrogens is 503 g/mol. The van der Waals surface area contributed by atoms with Crippen LogP contribution in [-0.4, -0.2) is 31.7 Å². The van der Waals surface area contributed by atoms with E-state index in [1.165, 1.54) is 12.1 Å². The van der Waals surface area contributed by atoms with E-state index in [1.54, 1.807) is 43.3 Å². The number of allylic oxidation sites excluding steroid dienone is 1. The van der Waals surface area contributed by atoms with Crippen LogP contribution in [0.25, 0.3) is 0 Å². The van der Waals surface area contributed by atoms with Crippen molar-refractivity contribution in [1.82, 2.24) is 5.32 Å². The number of phenolic OH excluding ortho intramolecular Hbond substituents is 1. The van der Waals surface area contributed by atoms with Gasteiger partial charge in [-0.2, -0.15) is 0 Å². The summed E-state index contributed by atoms with van der Waals surface area (Å²) < 4.78 is 31.4. The van der Waals surface area contributed by atoms with Crippen molar-refractivity contribution in [2.24, 2.45) is 0 Å². The lowest BCUT2D eigenvalue weighted by Gasteiger charge is -2.22. The predicted molar refractivity (Wildman–Crippen MR) is 153 cm³/mol. The van der Waals surface area contributed by atoms with Gasteiger partial charge in [0, 0.05) is 17.5 Å². The van der Waals surface area contributed by atoms with Crippen LogP contribution in [0.1, 0.15) is 58.9 Å². The van der Waals surface area contributed by atoms with Gasteiger partial charge in [-0.1, -0.05) is 24.8 Å². The molecule has 0 aliphatic rings. The number of amides is 1. The second-order valence-corrected chi connectivity index (χ2v) is 12.6. The Balaban J connectivity index is 2.07. The van der Waals surface area contributed by atoms with E-state index in [2.05, 4.69) is 22.5 Å². The molecule has 0 aliphatic carbocycles. The third kappa shape index (κ3) is 7.16. The van der Waals surface area contributed by atoms with E-state index in [1.807, 2.05) is 27.7 Å². The second kappa shape index (κ2) is 10.9. The summed E-state index contributed by atoms with van der Waals surface area (Å²) in [6.07, 6.45) is 0.281. The number of aliphatic hydroxyl groups is 1. The molecule has 38 heavy (non-hydrogen) atoms. The van der Waals surface area contributed by atoms with E-state index < -0.39 is 21.1 Å². The van der Waals surface area contributed by atoms with Gasteiger partial charge in [0.2, 0.25) is 0 Å². The van der Waals surface area contributed by atoms with E-state index in [0.29, 0.717) is 27.9 Å². The third-order valence-electron chi connectivity index (χ3n) is 5.89. The molecule has 0 spiro atoms. The molecule has 8 heteroatoms. The number of nitrogens with one attached hydrogen (secondary N) is 2. The quantitative estimate of drug-likeness (QED) is 0.209. The molecule has 3 rings (SSSR count). The first-order valence-corrected chi connectivity index (χ1v) is 13.8. The van der Waals surface area contributed by atoms with Crippen molar-refractivity contribution in [2.45, 2.75) is 57.9 Å². The number of hydrogen-bond donors (Lipinski definition) is 4. The summed E-state index contributed by atoms with van der Waals surface area (Å²) in [5.41, 5.74) is 3.52. The molecule has 0 saturated heterocycles. The second-order valence-electron chi connectivity index (χ2n) is 10.6. The van der Waals surface area contributed by atoms with Crippen LogP contribution in [0.3, 0.4) is 0 Å². The third-order valence-corrected chi connectivity index (χ3v) is 7.49. The van der Waals surface area contributed by atoms with E-state index in [4.69, 9.17) is 0 Å². The van der Waals surface area contributed by atoms with Gasteiger partial charge in [0.05, 0.1) is 26.0 Å². The highest BCUT2D eigenvalue weighted by Gasteiger charge is 2.20. The molecular formula is C30H35FN2O4S.